The third-order valence-electron chi connectivity index (χ3n) is 5.97. The van der Waals surface area contributed by atoms with Gasteiger partial charge in [-0.1, -0.05) is 0 Å². The van der Waals surface area contributed by atoms with Gasteiger partial charge in [0.05, 0.1) is 12.1 Å². The maximum absolute atomic E-state index is 11.5. The normalized spacial score (nSPS) is 25.8. The van der Waals surface area contributed by atoms with E-state index >= 15 is 0 Å². The van der Waals surface area contributed by atoms with Crippen molar-refractivity contribution in [2.75, 3.05) is 41.3 Å². The van der Waals surface area contributed by atoms with E-state index in [0.717, 1.165) is 12.1 Å². The maximum Gasteiger partial charge on any atom is 0.233 e. The number of anilines is 4. The molecule has 8 N–H and O–H groups in total. The fourth-order valence-electron chi connectivity index (χ4n) is 4.31. The largest absolute Gasteiger partial charge is 0.391 e. The summed E-state index contributed by atoms with van der Waals surface area (Å²) in [5.74, 6) is 1.27. The molecule has 11 nitrogen and oxygen atoms in total. The van der Waals surface area contributed by atoms with Crippen LogP contribution >= 0.6 is 0 Å². The molecular weight excluding hydrogens is 410 g/mol. The lowest BCUT2D eigenvalue weighted by Crippen LogP contribution is -2.53. The van der Waals surface area contributed by atoms with Crippen molar-refractivity contribution in [1.82, 2.24) is 15.0 Å². The lowest BCUT2D eigenvalue weighted by atomic mass is 10.0. The van der Waals surface area contributed by atoms with E-state index in [4.69, 9.17) is 17.2 Å². The molecular formula is C21H31N9O2. The highest BCUT2D eigenvalue weighted by molar-refractivity contribution is 5.94. The second-order valence-electron chi connectivity index (χ2n) is 8.53. The van der Waals surface area contributed by atoms with Gasteiger partial charge in [0.15, 0.2) is 5.78 Å². The predicted octanol–water partition coefficient (Wildman–Crippen LogP) is -0.419. The molecule has 11 heteroatoms. The number of piperidine rings is 1. The predicted molar refractivity (Wildman–Crippen MR) is 123 cm³/mol. The van der Waals surface area contributed by atoms with Crippen molar-refractivity contribution >= 4 is 29.3 Å². The molecule has 0 radical (unpaired) electrons. The molecule has 0 spiro atoms. The summed E-state index contributed by atoms with van der Waals surface area (Å²) in [5.41, 5.74) is 19.6. The molecule has 0 amide bonds. The van der Waals surface area contributed by atoms with E-state index in [0.29, 0.717) is 49.5 Å². The molecule has 2 saturated heterocycles. The van der Waals surface area contributed by atoms with Gasteiger partial charge in [0, 0.05) is 49.5 Å². The van der Waals surface area contributed by atoms with E-state index < -0.39 is 6.10 Å². The number of ketones is 1. The van der Waals surface area contributed by atoms with E-state index in [1.807, 2.05) is 9.80 Å². The van der Waals surface area contributed by atoms with Crippen LogP contribution in [0.25, 0.3) is 0 Å². The van der Waals surface area contributed by atoms with Gasteiger partial charge < -0.3 is 37.4 Å². The summed E-state index contributed by atoms with van der Waals surface area (Å²) < 4.78 is 0. The molecule has 4 atom stereocenters. The van der Waals surface area contributed by atoms with Crippen LogP contribution in [0, 0.1) is 0 Å². The molecule has 0 aliphatic carbocycles. The van der Waals surface area contributed by atoms with Crippen LogP contribution in [0.3, 0.4) is 0 Å². The Labute approximate surface area is 187 Å². The molecule has 1 aromatic heterocycles. The Morgan fingerprint density at radius 2 is 1.78 bits per heavy atom. The quantitative estimate of drug-likeness (QED) is 0.368. The number of benzene rings is 1. The molecule has 2 aliphatic heterocycles. The number of hydrogen-bond acceptors (Lipinski definition) is 11. The summed E-state index contributed by atoms with van der Waals surface area (Å²) in [7, 11) is 0. The molecule has 1 aromatic carbocycles. The molecule has 0 bridgehead atoms. The number of nitrogens with zero attached hydrogens (tertiary/aromatic N) is 5. The third-order valence-corrected chi connectivity index (χ3v) is 5.97. The molecule has 4 rings (SSSR count). The van der Waals surface area contributed by atoms with Crippen LogP contribution < -0.4 is 32.3 Å². The molecule has 2 aromatic rings. The zero-order valence-corrected chi connectivity index (χ0v) is 18.2. The number of rotatable bonds is 6. The fourth-order valence-corrected chi connectivity index (χ4v) is 4.31. The van der Waals surface area contributed by atoms with Crippen LogP contribution in [-0.2, 0) is 0 Å². The monoisotopic (exact) mass is 441 g/mol. The van der Waals surface area contributed by atoms with Crippen LogP contribution in [0.2, 0.25) is 0 Å². The molecule has 2 fully saturated rings. The van der Waals surface area contributed by atoms with E-state index in [-0.39, 0.29) is 30.5 Å². The van der Waals surface area contributed by atoms with Gasteiger partial charge in [-0.25, -0.2) is 0 Å². The van der Waals surface area contributed by atoms with Gasteiger partial charge in [-0.2, -0.15) is 15.0 Å². The standard InChI is InChI=1S/C21H31N9O2/c1-12(31)13-2-4-16(5-3-13)25-19-26-20(29-10-14(23)8-15(24)11-29)28-21(27-19)30-7-6-18(32)17(30)9-22/h2-5,14-15,17-18,32H,6-11,22-24H2,1H3,(H,25,26,27,28)/t14-,15+,17-,18-/m0/s1. The Morgan fingerprint density at radius 3 is 2.41 bits per heavy atom. The number of aliphatic hydroxyl groups is 1. The van der Waals surface area contributed by atoms with Gasteiger partial charge in [-0.3, -0.25) is 4.79 Å². The molecule has 32 heavy (non-hydrogen) atoms. The number of aliphatic hydroxyl groups excluding tert-OH is 1. The lowest BCUT2D eigenvalue weighted by molar-refractivity contribution is 0.101. The summed E-state index contributed by atoms with van der Waals surface area (Å²) in [6.07, 6.45) is 0.806. The Balaban J connectivity index is 1.67. The molecule has 0 saturated carbocycles. The van der Waals surface area contributed by atoms with Crippen molar-refractivity contribution in [2.45, 2.75) is 44.0 Å². The Hall–Kier alpha value is -2.86. The van der Waals surface area contributed by atoms with Crippen molar-refractivity contribution < 1.29 is 9.90 Å². The van der Waals surface area contributed by atoms with Crippen molar-refractivity contribution in [3.05, 3.63) is 29.8 Å². The Kier molecular flexibility index (Phi) is 6.51. The second kappa shape index (κ2) is 9.33. The highest BCUT2D eigenvalue weighted by atomic mass is 16.3. The smallest absolute Gasteiger partial charge is 0.233 e. The average Bonchev–Trinajstić information content (AvgIpc) is 3.13. The summed E-state index contributed by atoms with van der Waals surface area (Å²) in [5, 5.41) is 13.5. The topological polar surface area (TPSA) is 173 Å². The number of nitrogens with two attached hydrogens (primary N) is 3. The summed E-state index contributed by atoms with van der Waals surface area (Å²) >= 11 is 0. The van der Waals surface area contributed by atoms with Gasteiger partial charge in [-0.05, 0) is 44.0 Å². The molecule has 2 aliphatic rings. The van der Waals surface area contributed by atoms with Crippen molar-refractivity contribution in [2.24, 2.45) is 17.2 Å². The van der Waals surface area contributed by atoms with Crippen LogP contribution in [-0.4, -0.2) is 76.3 Å². The highest BCUT2D eigenvalue weighted by Crippen LogP contribution is 2.27. The zero-order chi connectivity index (χ0) is 22.8. The first-order chi connectivity index (χ1) is 15.3. The van der Waals surface area contributed by atoms with E-state index in [1.54, 1.807) is 24.3 Å². The number of carbonyl (C=O) groups excluding carboxylic acids is 1. The fraction of sp³-hybridized carbons (Fsp3) is 0.524. The van der Waals surface area contributed by atoms with Crippen molar-refractivity contribution in [1.29, 1.82) is 0 Å². The van der Waals surface area contributed by atoms with Crippen LogP contribution in [0.1, 0.15) is 30.1 Å². The summed E-state index contributed by atoms with van der Waals surface area (Å²) in [6.45, 7) is 3.59. The van der Waals surface area contributed by atoms with Crippen LogP contribution in [0.15, 0.2) is 24.3 Å². The van der Waals surface area contributed by atoms with E-state index in [9.17, 15) is 9.90 Å². The van der Waals surface area contributed by atoms with Crippen LogP contribution in [0.5, 0.6) is 0 Å². The van der Waals surface area contributed by atoms with Gasteiger partial charge in [0.1, 0.15) is 0 Å². The van der Waals surface area contributed by atoms with Gasteiger partial charge >= 0.3 is 0 Å². The first-order valence-corrected chi connectivity index (χ1v) is 10.9. The second-order valence-corrected chi connectivity index (χ2v) is 8.53. The average molecular weight is 442 g/mol. The Bertz CT molecular complexity index is 945. The first kappa shape index (κ1) is 22.3. The van der Waals surface area contributed by atoms with Gasteiger partial charge in [0.2, 0.25) is 17.8 Å². The first-order valence-electron chi connectivity index (χ1n) is 10.9. The lowest BCUT2D eigenvalue weighted by Gasteiger charge is -2.35. The van der Waals surface area contributed by atoms with Gasteiger partial charge in [0.25, 0.3) is 0 Å². The SMILES string of the molecule is CC(=O)c1ccc(Nc2nc(N3C[C@H](N)C[C@H](N)C3)nc(N3CC[C@H](O)[C@@H]3CN)n2)cc1. The number of hydrogen-bond donors (Lipinski definition) is 5. The van der Waals surface area contributed by atoms with Crippen LogP contribution in [0.4, 0.5) is 23.5 Å². The number of Topliss-reactive ketones (excluding diaryl/α,β-unsaturated/α-hetero) is 1. The molecule has 172 valence electrons. The van der Waals surface area contributed by atoms with Crippen molar-refractivity contribution in [3.63, 3.8) is 0 Å². The van der Waals surface area contributed by atoms with E-state index in [1.165, 1.54) is 6.92 Å². The number of aromatic nitrogens is 3. The maximum atomic E-state index is 11.5. The number of nitrogens with one attached hydrogen (secondary N) is 1. The number of carbonyl (C=O) groups is 1. The zero-order valence-electron chi connectivity index (χ0n) is 18.2. The Morgan fingerprint density at radius 1 is 1.12 bits per heavy atom. The highest BCUT2D eigenvalue weighted by Gasteiger charge is 2.34. The minimum atomic E-state index is -0.535. The summed E-state index contributed by atoms with van der Waals surface area (Å²) in [4.78, 5) is 29.3. The molecule has 0 unspecified atom stereocenters. The van der Waals surface area contributed by atoms with Gasteiger partial charge in [-0.15, -0.1) is 0 Å². The minimum Gasteiger partial charge on any atom is -0.391 e. The van der Waals surface area contributed by atoms with E-state index in [2.05, 4.69) is 20.3 Å². The van der Waals surface area contributed by atoms with Crippen molar-refractivity contribution in [3.8, 4) is 0 Å². The molecule has 3 heterocycles. The third kappa shape index (κ3) is 4.80. The minimum absolute atomic E-state index is 0.000484. The summed E-state index contributed by atoms with van der Waals surface area (Å²) in [6, 6.07) is 6.69.